The second-order valence-electron chi connectivity index (χ2n) is 17.0. The van der Waals surface area contributed by atoms with Gasteiger partial charge in [0, 0.05) is 20.5 Å². The van der Waals surface area contributed by atoms with Gasteiger partial charge in [-0.25, -0.2) is 4.79 Å². The number of Topliss-reactive ketones (excluding diaryl/α,β-unsaturated/α-hetero) is 1. The van der Waals surface area contributed by atoms with E-state index < -0.39 is 101 Å². The van der Waals surface area contributed by atoms with Crippen molar-refractivity contribution in [2.75, 3.05) is 27.2 Å². The average Bonchev–Trinajstić information content (AvgIpc) is 3.50. The van der Waals surface area contributed by atoms with Crippen molar-refractivity contribution >= 4 is 47.4 Å². The quantitative estimate of drug-likeness (QED) is 0.160. The average molecular weight is 773 g/mol. The number of benzene rings is 1. The molecule has 306 valence electrons. The van der Waals surface area contributed by atoms with Crippen molar-refractivity contribution in [3.05, 3.63) is 35.9 Å². The Balaban J connectivity index is 2.29. The molecule has 55 heavy (non-hydrogen) atoms. The number of hydrogen-bond acceptors (Lipinski definition) is 10. The molecule has 1 heterocycles. The molecule has 0 spiro atoms. The molecule has 0 saturated carbocycles. The van der Waals surface area contributed by atoms with E-state index in [0.29, 0.717) is 12.0 Å². The number of alkyl carbamates (subject to hydrolysis) is 1. The molecule has 6 amide bonds. The molecule has 1 aromatic rings. The van der Waals surface area contributed by atoms with Crippen molar-refractivity contribution in [1.29, 1.82) is 0 Å². The number of esters is 1. The van der Waals surface area contributed by atoms with Crippen LogP contribution in [0.2, 0.25) is 0 Å². The molecule has 1 fully saturated rings. The van der Waals surface area contributed by atoms with Crippen molar-refractivity contribution in [2.45, 2.75) is 124 Å². The van der Waals surface area contributed by atoms with Crippen LogP contribution in [0.15, 0.2) is 30.3 Å². The summed E-state index contributed by atoms with van der Waals surface area (Å²) < 4.78 is 11.1. The summed E-state index contributed by atoms with van der Waals surface area (Å²) in [6.07, 6.45) is -1.43. The highest BCUT2D eigenvalue weighted by Crippen LogP contribution is 2.29. The zero-order valence-corrected chi connectivity index (χ0v) is 34.3. The maximum atomic E-state index is 14.2. The first-order chi connectivity index (χ1) is 25.3. The van der Waals surface area contributed by atoms with Crippen molar-refractivity contribution in [1.82, 2.24) is 31.1 Å². The van der Waals surface area contributed by atoms with E-state index in [1.165, 1.54) is 23.9 Å². The molecule has 4 N–H and O–H groups in total. The van der Waals surface area contributed by atoms with Gasteiger partial charge in [-0.05, 0) is 58.9 Å². The first-order valence-electron chi connectivity index (χ1n) is 18.5. The van der Waals surface area contributed by atoms with E-state index in [1.807, 2.05) is 0 Å². The molecule has 0 radical (unpaired) electrons. The highest BCUT2D eigenvalue weighted by atomic mass is 16.6. The third kappa shape index (κ3) is 14.0. The minimum Gasteiger partial charge on any atom is -0.460 e. The monoisotopic (exact) mass is 772 g/mol. The lowest BCUT2D eigenvalue weighted by Gasteiger charge is -2.35. The second-order valence-corrected chi connectivity index (χ2v) is 17.0. The minimum atomic E-state index is -1.33. The van der Waals surface area contributed by atoms with E-state index in [2.05, 4.69) is 21.3 Å². The van der Waals surface area contributed by atoms with Crippen LogP contribution < -0.4 is 21.3 Å². The molecule has 2 rings (SSSR count). The third-order valence-corrected chi connectivity index (χ3v) is 8.48. The fraction of sp³-hybridized carbons (Fsp3) is 0.641. The fourth-order valence-electron chi connectivity index (χ4n) is 5.58. The summed E-state index contributed by atoms with van der Waals surface area (Å²) in [5.74, 6) is -5.28. The third-order valence-electron chi connectivity index (χ3n) is 8.48. The standard InChI is InChI=1S/C39H60N6O10/c1-13-17-25(29(47)32(49)40-21-27(46)42-28(33(50)44(11)12)23-18-15-14-16-19-23)41-31(48)26-20-24(54-35(52)38(5,6)7)22-45(26)34(51)30(37(2,3)4)43-36(53)55-39(8,9)10/h14-16,18-19,24-26,28,30H,13,17,20-22H2,1-12H3,(H,40,49)(H,41,48)(H,42,46)(H,43,53). The number of carbonyl (C=O) groups is 8. The summed E-state index contributed by atoms with van der Waals surface area (Å²) >= 11 is 0. The molecule has 16 nitrogen and oxygen atoms in total. The van der Waals surface area contributed by atoms with Crippen LogP contribution >= 0.6 is 0 Å². The Labute approximate surface area is 324 Å². The Bertz CT molecular complexity index is 1580. The number of amides is 6. The zero-order chi connectivity index (χ0) is 42.1. The van der Waals surface area contributed by atoms with Crippen LogP contribution in [0.1, 0.15) is 100 Å². The lowest BCUT2D eigenvalue weighted by atomic mass is 9.85. The Kier molecular flexibility index (Phi) is 16.0. The van der Waals surface area contributed by atoms with Crippen molar-refractivity contribution in [2.24, 2.45) is 10.8 Å². The van der Waals surface area contributed by atoms with Gasteiger partial charge in [-0.15, -0.1) is 0 Å². The second kappa shape index (κ2) is 19.0. The van der Waals surface area contributed by atoms with Gasteiger partial charge in [-0.2, -0.15) is 0 Å². The SMILES string of the molecule is CCCC(NC(=O)C1CC(OC(=O)C(C)(C)C)CN1C(=O)C(NC(=O)OC(C)(C)C)C(C)(C)C)C(=O)C(=O)NCC(=O)NC(C(=O)N(C)C)c1ccccc1. The lowest BCUT2D eigenvalue weighted by molar-refractivity contribution is -0.158. The molecule has 1 saturated heterocycles. The Morgan fingerprint density at radius 2 is 1.47 bits per heavy atom. The molecule has 16 heteroatoms. The number of likely N-dealkylation sites (tertiary alicyclic amines) is 1. The maximum Gasteiger partial charge on any atom is 0.408 e. The number of nitrogens with zero attached hydrogens (tertiary/aromatic N) is 2. The predicted octanol–water partition coefficient (Wildman–Crippen LogP) is 2.40. The van der Waals surface area contributed by atoms with E-state index in [1.54, 1.807) is 99.6 Å². The summed E-state index contributed by atoms with van der Waals surface area (Å²) in [6.45, 7) is 16.1. The highest BCUT2D eigenvalue weighted by Gasteiger charge is 2.47. The van der Waals surface area contributed by atoms with Crippen LogP contribution in [0, 0.1) is 10.8 Å². The van der Waals surface area contributed by atoms with Crippen LogP contribution in [0.25, 0.3) is 0 Å². The normalized spacial score (nSPS) is 17.5. The summed E-state index contributed by atoms with van der Waals surface area (Å²) in [4.78, 5) is 109. The Hall–Kier alpha value is -5.02. The fourth-order valence-corrected chi connectivity index (χ4v) is 5.58. The van der Waals surface area contributed by atoms with E-state index in [-0.39, 0.29) is 19.4 Å². The molecular weight excluding hydrogens is 712 g/mol. The van der Waals surface area contributed by atoms with E-state index in [0.717, 1.165) is 0 Å². The molecule has 1 aliphatic heterocycles. The summed E-state index contributed by atoms with van der Waals surface area (Å²) in [5.41, 5.74) is -2.08. The number of ketones is 1. The van der Waals surface area contributed by atoms with Crippen LogP contribution in [0.4, 0.5) is 4.79 Å². The number of likely N-dealkylation sites (N-methyl/N-ethyl adjacent to an activating group) is 1. The van der Waals surface area contributed by atoms with Gasteiger partial charge in [0.1, 0.15) is 29.8 Å². The van der Waals surface area contributed by atoms with Crippen LogP contribution in [-0.4, -0.2) is 114 Å². The summed E-state index contributed by atoms with van der Waals surface area (Å²) in [6, 6.07) is 3.73. The van der Waals surface area contributed by atoms with Crippen LogP contribution in [-0.2, 0) is 43.0 Å². The van der Waals surface area contributed by atoms with Gasteiger partial charge in [-0.1, -0.05) is 64.4 Å². The minimum absolute atomic E-state index is 0.0472. The molecule has 1 aromatic carbocycles. The van der Waals surface area contributed by atoms with Crippen LogP contribution in [0.3, 0.4) is 0 Å². The number of rotatable bonds is 14. The summed E-state index contributed by atoms with van der Waals surface area (Å²) in [7, 11) is 3.08. The Morgan fingerprint density at radius 1 is 0.873 bits per heavy atom. The van der Waals surface area contributed by atoms with Gasteiger partial charge in [0.05, 0.1) is 24.5 Å². The lowest BCUT2D eigenvalue weighted by Crippen LogP contribution is -2.59. The van der Waals surface area contributed by atoms with Gasteiger partial charge in [0.25, 0.3) is 5.91 Å². The van der Waals surface area contributed by atoms with Crippen LogP contribution in [0.5, 0.6) is 0 Å². The molecule has 0 aliphatic carbocycles. The van der Waals surface area contributed by atoms with Crippen molar-refractivity contribution in [3.8, 4) is 0 Å². The van der Waals surface area contributed by atoms with Gasteiger partial charge in [0.2, 0.25) is 29.4 Å². The van der Waals surface area contributed by atoms with Crippen molar-refractivity contribution < 1.29 is 47.8 Å². The topological polar surface area (TPSA) is 210 Å². The van der Waals surface area contributed by atoms with E-state index in [9.17, 15) is 38.4 Å². The molecule has 5 atom stereocenters. The molecule has 0 aromatic heterocycles. The molecular formula is C39H60N6O10. The van der Waals surface area contributed by atoms with E-state index >= 15 is 0 Å². The maximum absolute atomic E-state index is 14.2. The van der Waals surface area contributed by atoms with Gasteiger partial charge in [0.15, 0.2) is 0 Å². The number of carbonyl (C=O) groups excluding carboxylic acids is 8. The van der Waals surface area contributed by atoms with E-state index in [4.69, 9.17) is 9.47 Å². The summed E-state index contributed by atoms with van der Waals surface area (Å²) in [5, 5.41) is 10.1. The first-order valence-corrected chi connectivity index (χ1v) is 18.5. The smallest absolute Gasteiger partial charge is 0.408 e. The molecule has 0 bridgehead atoms. The highest BCUT2D eigenvalue weighted by molar-refractivity contribution is 6.38. The number of hydrogen-bond donors (Lipinski definition) is 4. The Morgan fingerprint density at radius 3 is 1.98 bits per heavy atom. The van der Waals surface area contributed by atoms with Crippen molar-refractivity contribution in [3.63, 3.8) is 0 Å². The van der Waals surface area contributed by atoms with Gasteiger partial charge in [-0.3, -0.25) is 33.6 Å². The first kappa shape index (κ1) is 46.1. The molecule has 5 unspecified atom stereocenters. The number of ether oxygens (including phenoxy) is 2. The zero-order valence-electron chi connectivity index (χ0n) is 34.3. The predicted molar refractivity (Wildman–Crippen MR) is 203 cm³/mol. The molecule has 1 aliphatic rings. The largest absolute Gasteiger partial charge is 0.460 e. The van der Waals surface area contributed by atoms with Gasteiger partial charge >= 0.3 is 12.1 Å². The van der Waals surface area contributed by atoms with Gasteiger partial charge < -0.3 is 40.5 Å². The number of nitrogens with one attached hydrogen (secondary N) is 4.